The van der Waals surface area contributed by atoms with Crippen LogP contribution < -0.4 is 15.4 Å². The summed E-state index contributed by atoms with van der Waals surface area (Å²) in [5.41, 5.74) is 7.96. The lowest BCUT2D eigenvalue weighted by Gasteiger charge is -2.21. The van der Waals surface area contributed by atoms with Crippen LogP contribution in [0.15, 0.2) is 71.1 Å². The van der Waals surface area contributed by atoms with Gasteiger partial charge in [-0.25, -0.2) is 8.78 Å². The number of fused-ring (bicyclic) bond motifs is 1. The second kappa shape index (κ2) is 10.2. The molecule has 8 heteroatoms. The molecule has 162 valence electrons. The molecule has 3 aromatic carbocycles. The molecule has 2 N–H and O–H groups in total. The van der Waals surface area contributed by atoms with Gasteiger partial charge in [0.15, 0.2) is 5.58 Å². The van der Waals surface area contributed by atoms with Crippen molar-refractivity contribution in [3.63, 3.8) is 0 Å². The zero-order valence-electron chi connectivity index (χ0n) is 16.6. The fourth-order valence-corrected chi connectivity index (χ4v) is 3.19. The molecule has 0 unspecified atom stereocenters. The molecular weight excluding hydrogens is 424 g/mol. The Morgan fingerprint density at radius 1 is 0.935 bits per heavy atom. The Kier molecular flexibility index (Phi) is 7.44. The van der Waals surface area contributed by atoms with Crippen molar-refractivity contribution in [1.82, 2.24) is 4.98 Å². The van der Waals surface area contributed by atoms with Crippen molar-refractivity contribution in [1.29, 1.82) is 0 Å². The lowest BCUT2D eigenvalue weighted by molar-refractivity contribution is 0.289. The first-order chi connectivity index (χ1) is 14.7. The molecule has 1 aromatic heterocycles. The highest BCUT2D eigenvalue weighted by Gasteiger charge is 2.17. The Hall–Kier alpha value is -3.16. The lowest BCUT2D eigenvalue weighted by atomic mass is 10.1. The first-order valence-corrected chi connectivity index (χ1v) is 9.60. The fourth-order valence-electron chi connectivity index (χ4n) is 3.19. The molecule has 0 spiro atoms. The monoisotopic (exact) mass is 445 g/mol. The van der Waals surface area contributed by atoms with E-state index in [2.05, 4.69) is 4.98 Å². The van der Waals surface area contributed by atoms with E-state index in [1.807, 2.05) is 47.4 Å². The normalized spacial score (nSPS) is 10.7. The van der Waals surface area contributed by atoms with Crippen molar-refractivity contribution in [3.8, 4) is 5.75 Å². The van der Waals surface area contributed by atoms with Gasteiger partial charge < -0.3 is 19.8 Å². The molecule has 4 rings (SSSR count). The van der Waals surface area contributed by atoms with Crippen molar-refractivity contribution in [3.05, 3.63) is 89.5 Å². The number of anilines is 1. The van der Waals surface area contributed by atoms with Crippen LogP contribution in [0, 0.1) is 11.6 Å². The number of benzene rings is 3. The van der Waals surface area contributed by atoms with Crippen LogP contribution in [-0.2, 0) is 13.2 Å². The Morgan fingerprint density at radius 3 is 2.39 bits per heavy atom. The summed E-state index contributed by atoms with van der Waals surface area (Å²) in [4.78, 5) is 6.45. The molecule has 4 aromatic rings. The van der Waals surface area contributed by atoms with Crippen molar-refractivity contribution in [2.75, 3.05) is 18.0 Å². The Morgan fingerprint density at radius 2 is 1.65 bits per heavy atom. The average Bonchev–Trinajstić information content (AvgIpc) is 3.18. The summed E-state index contributed by atoms with van der Waals surface area (Å²) in [5.74, 6) is -0.745. The number of ether oxygens (including phenoxy) is 1. The van der Waals surface area contributed by atoms with Crippen LogP contribution in [0.1, 0.15) is 11.1 Å². The molecule has 0 aliphatic heterocycles. The van der Waals surface area contributed by atoms with Crippen LogP contribution >= 0.6 is 12.4 Å². The van der Waals surface area contributed by atoms with Gasteiger partial charge in [-0.05, 0) is 30.3 Å². The standard InChI is InChI=1S/C23H21F2N3O2.ClH/c24-18-7-5-8-19(25)17(18)15-29-21-10-3-1-6-16(21)14-28(13-12-26)23-27-20-9-2-4-11-22(20)30-23;/h1-11H,12-15,26H2;1H. The third kappa shape index (κ3) is 5.13. The smallest absolute Gasteiger partial charge is 0.298 e. The average molecular weight is 446 g/mol. The Bertz CT molecular complexity index is 1100. The Balaban J connectivity index is 0.00000272. The van der Waals surface area contributed by atoms with Gasteiger partial charge in [0.25, 0.3) is 6.01 Å². The maximum Gasteiger partial charge on any atom is 0.298 e. The predicted molar refractivity (Wildman–Crippen MR) is 118 cm³/mol. The van der Waals surface area contributed by atoms with E-state index in [0.717, 1.165) is 11.1 Å². The minimum Gasteiger partial charge on any atom is -0.488 e. The largest absolute Gasteiger partial charge is 0.488 e. The number of aromatic nitrogens is 1. The van der Waals surface area contributed by atoms with E-state index in [9.17, 15) is 8.78 Å². The molecule has 0 aliphatic carbocycles. The van der Waals surface area contributed by atoms with Crippen LogP contribution in [0.3, 0.4) is 0 Å². The van der Waals surface area contributed by atoms with Gasteiger partial charge in [0.1, 0.15) is 29.5 Å². The zero-order chi connectivity index (χ0) is 20.9. The minimum absolute atomic E-state index is 0. The summed E-state index contributed by atoms with van der Waals surface area (Å²) < 4.78 is 39.5. The number of hydrogen-bond acceptors (Lipinski definition) is 5. The van der Waals surface area contributed by atoms with Gasteiger partial charge in [0.2, 0.25) is 0 Å². The summed E-state index contributed by atoms with van der Waals surface area (Å²) in [6, 6.07) is 19.1. The summed E-state index contributed by atoms with van der Waals surface area (Å²) in [6.07, 6.45) is 0. The number of oxazole rings is 1. The number of hydrogen-bond donors (Lipinski definition) is 1. The lowest BCUT2D eigenvalue weighted by Crippen LogP contribution is -2.29. The van der Waals surface area contributed by atoms with E-state index in [-0.39, 0.29) is 24.6 Å². The van der Waals surface area contributed by atoms with Crippen LogP contribution in [0.4, 0.5) is 14.8 Å². The molecule has 1 heterocycles. The van der Waals surface area contributed by atoms with Crippen LogP contribution in [0.25, 0.3) is 11.1 Å². The third-order valence-electron chi connectivity index (χ3n) is 4.72. The highest BCUT2D eigenvalue weighted by atomic mass is 35.5. The first kappa shape index (κ1) is 22.5. The van der Waals surface area contributed by atoms with Crippen molar-refractivity contribution in [2.24, 2.45) is 5.73 Å². The molecular formula is C23H22ClF2N3O2. The Labute approximate surface area is 184 Å². The van der Waals surface area contributed by atoms with Crippen molar-refractivity contribution < 1.29 is 17.9 Å². The molecule has 5 nitrogen and oxygen atoms in total. The summed E-state index contributed by atoms with van der Waals surface area (Å²) >= 11 is 0. The van der Waals surface area contributed by atoms with Gasteiger partial charge >= 0.3 is 0 Å². The molecule has 0 amide bonds. The van der Waals surface area contributed by atoms with E-state index < -0.39 is 11.6 Å². The molecule has 0 aliphatic rings. The summed E-state index contributed by atoms with van der Waals surface area (Å²) in [6.45, 7) is 1.13. The molecule has 0 radical (unpaired) electrons. The van der Waals surface area contributed by atoms with E-state index in [0.29, 0.717) is 37.0 Å². The second-order valence-electron chi connectivity index (χ2n) is 6.77. The van der Waals surface area contributed by atoms with Gasteiger partial charge in [-0.2, -0.15) is 4.98 Å². The topological polar surface area (TPSA) is 64.5 Å². The second-order valence-corrected chi connectivity index (χ2v) is 6.77. The minimum atomic E-state index is -0.635. The van der Waals surface area contributed by atoms with Crippen LogP contribution in [-0.4, -0.2) is 18.1 Å². The van der Waals surface area contributed by atoms with Crippen molar-refractivity contribution >= 4 is 29.5 Å². The number of nitrogens with two attached hydrogens (primary N) is 1. The number of nitrogens with zero attached hydrogens (tertiary/aromatic N) is 2. The van der Waals surface area contributed by atoms with E-state index in [4.69, 9.17) is 14.9 Å². The summed E-state index contributed by atoms with van der Waals surface area (Å²) in [7, 11) is 0. The van der Waals surface area contributed by atoms with Gasteiger partial charge in [0, 0.05) is 18.7 Å². The highest BCUT2D eigenvalue weighted by Crippen LogP contribution is 2.27. The first-order valence-electron chi connectivity index (χ1n) is 9.60. The maximum absolute atomic E-state index is 13.9. The van der Waals surface area contributed by atoms with E-state index >= 15 is 0 Å². The quantitative estimate of drug-likeness (QED) is 0.410. The maximum atomic E-state index is 13.9. The zero-order valence-corrected chi connectivity index (χ0v) is 17.4. The fraction of sp³-hybridized carbons (Fsp3) is 0.174. The predicted octanol–water partition coefficient (Wildman–Crippen LogP) is 5.07. The number of para-hydroxylation sites is 3. The van der Waals surface area contributed by atoms with E-state index in [1.54, 1.807) is 6.07 Å². The third-order valence-corrected chi connectivity index (χ3v) is 4.72. The number of halogens is 3. The number of rotatable bonds is 8. The van der Waals surface area contributed by atoms with Gasteiger partial charge in [-0.3, -0.25) is 0 Å². The molecule has 0 saturated heterocycles. The van der Waals surface area contributed by atoms with Gasteiger partial charge in [-0.15, -0.1) is 12.4 Å². The highest BCUT2D eigenvalue weighted by molar-refractivity contribution is 5.85. The van der Waals surface area contributed by atoms with Gasteiger partial charge in [0.05, 0.1) is 12.1 Å². The van der Waals surface area contributed by atoms with Crippen molar-refractivity contribution in [2.45, 2.75) is 13.2 Å². The summed E-state index contributed by atoms with van der Waals surface area (Å²) in [5, 5.41) is 0. The molecule has 0 atom stereocenters. The van der Waals surface area contributed by atoms with Crippen LogP contribution in [0.2, 0.25) is 0 Å². The molecule has 0 saturated carbocycles. The molecule has 31 heavy (non-hydrogen) atoms. The van der Waals surface area contributed by atoms with Gasteiger partial charge in [-0.1, -0.05) is 36.4 Å². The molecule has 0 bridgehead atoms. The van der Waals surface area contributed by atoms with E-state index in [1.165, 1.54) is 18.2 Å². The molecule has 0 fully saturated rings. The SMILES string of the molecule is Cl.NCCN(Cc1ccccc1OCc1c(F)cccc1F)c1nc2ccccc2o1. The van der Waals surface area contributed by atoms with Crippen LogP contribution in [0.5, 0.6) is 5.75 Å².